The van der Waals surface area contributed by atoms with Crippen LogP contribution < -0.4 is 0 Å². The maximum Gasteiger partial charge on any atom is 0.315 e. The molecule has 150 valence electrons. The lowest BCUT2D eigenvalue weighted by atomic mass is 9.67. The summed E-state index contributed by atoms with van der Waals surface area (Å²) in [6.45, 7) is 9.52. The van der Waals surface area contributed by atoms with Crippen LogP contribution in [0, 0.1) is 11.3 Å². The van der Waals surface area contributed by atoms with Crippen molar-refractivity contribution < 1.29 is 14.3 Å². The number of ether oxygens (including phenoxy) is 1. The number of nitrogens with zero attached hydrogens (tertiary/aromatic N) is 1. The van der Waals surface area contributed by atoms with Gasteiger partial charge < -0.3 is 4.74 Å². The van der Waals surface area contributed by atoms with Crippen molar-refractivity contribution in [3.63, 3.8) is 0 Å². The minimum atomic E-state index is -0.706. The first-order chi connectivity index (χ1) is 13.0. The van der Waals surface area contributed by atoms with Crippen molar-refractivity contribution in [3.05, 3.63) is 45.1 Å². The fourth-order valence-electron chi connectivity index (χ4n) is 4.15. The lowest BCUT2D eigenvalue weighted by Crippen LogP contribution is -2.40. The second-order valence-corrected chi connectivity index (χ2v) is 9.42. The van der Waals surface area contributed by atoms with Crippen LogP contribution in [0.4, 0.5) is 0 Å². The predicted molar refractivity (Wildman–Crippen MR) is 112 cm³/mol. The average molecular weight is 422 g/mol. The van der Waals surface area contributed by atoms with E-state index in [1.165, 1.54) is 0 Å². The Bertz CT molecular complexity index is 899. The van der Waals surface area contributed by atoms with Gasteiger partial charge in [-0.15, -0.1) is 0 Å². The van der Waals surface area contributed by atoms with E-state index in [4.69, 9.17) is 27.9 Å². The molecule has 1 heterocycles. The molecule has 1 aliphatic carbocycles. The molecule has 0 saturated heterocycles. The van der Waals surface area contributed by atoms with Gasteiger partial charge in [0, 0.05) is 29.3 Å². The van der Waals surface area contributed by atoms with Gasteiger partial charge in [0.05, 0.1) is 16.1 Å². The predicted octanol–water partition coefficient (Wildman–Crippen LogP) is 5.76. The van der Waals surface area contributed by atoms with E-state index >= 15 is 0 Å². The quantitative estimate of drug-likeness (QED) is 0.582. The highest BCUT2D eigenvalue weighted by Gasteiger charge is 2.46. The van der Waals surface area contributed by atoms with Crippen molar-refractivity contribution in [1.29, 1.82) is 0 Å². The monoisotopic (exact) mass is 421 g/mol. The Labute approximate surface area is 176 Å². The first-order valence-corrected chi connectivity index (χ1v) is 10.2. The number of carbonyl (C=O) groups excluding carboxylic acids is 2. The van der Waals surface area contributed by atoms with Crippen LogP contribution in [-0.4, -0.2) is 23.6 Å². The number of esters is 1. The van der Waals surface area contributed by atoms with E-state index in [1.807, 2.05) is 13.0 Å². The molecular weight excluding hydrogens is 397 g/mol. The van der Waals surface area contributed by atoms with Crippen LogP contribution in [0.5, 0.6) is 0 Å². The number of halogens is 2. The Morgan fingerprint density at radius 1 is 1.25 bits per heavy atom. The molecule has 1 unspecified atom stereocenters. The molecule has 0 amide bonds. The van der Waals surface area contributed by atoms with Crippen LogP contribution in [0.1, 0.15) is 58.9 Å². The molecular formula is C22H25Cl2NO3. The Balaban J connectivity index is 2.22. The normalized spacial score (nSPS) is 24.1. The first kappa shape index (κ1) is 21.1. The Morgan fingerprint density at radius 2 is 1.93 bits per heavy atom. The van der Waals surface area contributed by atoms with Gasteiger partial charge in [0.25, 0.3) is 0 Å². The van der Waals surface area contributed by atoms with Gasteiger partial charge in [-0.05, 0) is 44.2 Å². The van der Waals surface area contributed by atoms with Gasteiger partial charge >= 0.3 is 5.97 Å². The maximum atomic E-state index is 13.2. The summed E-state index contributed by atoms with van der Waals surface area (Å²) in [4.78, 5) is 30.8. The molecule has 0 fully saturated rings. The van der Waals surface area contributed by atoms with Gasteiger partial charge in [-0.3, -0.25) is 14.6 Å². The van der Waals surface area contributed by atoms with Crippen molar-refractivity contribution in [2.75, 3.05) is 0 Å². The Kier molecular flexibility index (Phi) is 5.75. The van der Waals surface area contributed by atoms with Crippen molar-refractivity contribution >= 4 is 40.7 Å². The fourth-order valence-corrected chi connectivity index (χ4v) is 4.58. The zero-order valence-corrected chi connectivity index (χ0v) is 18.3. The molecule has 2 aliphatic rings. The molecule has 0 bridgehead atoms. The number of allylic oxidation sites excluding steroid dienone is 2. The minimum Gasteiger partial charge on any atom is -0.462 e. The maximum absolute atomic E-state index is 13.2. The molecule has 0 spiro atoms. The van der Waals surface area contributed by atoms with E-state index in [2.05, 4.69) is 18.8 Å². The van der Waals surface area contributed by atoms with Crippen LogP contribution in [0.3, 0.4) is 0 Å². The standard InChI is InChI=1S/C22H25Cl2NO3/c1-11(2)28-21(27)17-12(3)25-15-9-22(4,5)10-16(26)19(15)18(17)13-7-6-8-14(23)20(13)24/h6-8,11,17-18H,9-10H2,1-5H3/t17?,18-/m1/s1. The minimum absolute atomic E-state index is 0.00545. The van der Waals surface area contributed by atoms with E-state index in [0.29, 0.717) is 39.7 Å². The van der Waals surface area contributed by atoms with Crippen LogP contribution in [0.15, 0.2) is 34.5 Å². The van der Waals surface area contributed by atoms with Crippen LogP contribution >= 0.6 is 23.2 Å². The molecule has 1 aromatic rings. The van der Waals surface area contributed by atoms with Crippen LogP contribution in [-0.2, 0) is 14.3 Å². The molecule has 3 rings (SSSR count). The highest BCUT2D eigenvalue weighted by molar-refractivity contribution is 6.42. The van der Waals surface area contributed by atoms with Crippen LogP contribution in [0.2, 0.25) is 10.0 Å². The summed E-state index contributed by atoms with van der Waals surface area (Å²) in [6.07, 6.45) is 0.805. The summed E-state index contributed by atoms with van der Waals surface area (Å²) in [5.74, 6) is -1.65. The summed E-state index contributed by atoms with van der Waals surface area (Å²) in [7, 11) is 0. The topological polar surface area (TPSA) is 55.7 Å². The summed E-state index contributed by atoms with van der Waals surface area (Å²) in [5, 5.41) is 0.747. The number of Topliss-reactive ketones (excluding diaryl/α,β-unsaturated/α-hetero) is 1. The first-order valence-electron chi connectivity index (χ1n) is 9.47. The van der Waals surface area contributed by atoms with Gasteiger partial charge in [0.15, 0.2) is 5.78 Å². The molecule has 4 nitrogen and oxygen atoms in total. The molecule has 1 aromatic carbocycles. The number of carbonyl (C=O) groups is 2. The number of aliphatic imine (C=N–C) groups is 1. The van der Waals surface area contributed by atoms with Gasteiger partial charge in [0.2, 0.25) is 0 Å². The summed E-state index contributed by atoms with van der Waals surface area (Å²) in [5.41, 5.74) is 2.44. The average Bonchev–Trinajstić information content (AvgIpc) is 2.54. The third-order valence-corrected chi connectivity index (χ3v) is 6.06. The molecule has 2 atom stereocenters. The van der Waals surface area contributed by atoms with Crippen molar-refractivity contribution in [2.45, 2.75) is 59.5 Å². The van der Waals surface area contributed by atoms with Gasteiger partial charge in [-0.1, -0.05) is 49.2 Å². The highest BCUT2D eigenvalue weighted by Crippen LogP contribution is 2.49. The zero-order valence-electron chi connectivity index (χ0n) is 16.8. The molecule has 1 aliphatic heterocycles. The van der Waals surface area contributed by atoms with E-state index in [-0.39, 0.29) is 17.3 Å². The summed E-state index contributed by atoms with van der Waals surface area (Å²) < 4.78 is 5.51. The van der Waals surface area contributed by atoms with E-state index in [9.17, 15) is 9.59 Å². The summed E-state index contributed by atoms with van der Waals surface area (Å²) in [6, 6.07) is 5.30. The second kappa shape index (κ2) is 7.64. The van der Waals surface area contributed by atoms with Gasteiger partial charge in [-0.25, -0.2) is 0 Å². The molecule has 0 aromatic heterocycles. The number of hydrogen-bond acceptors (Lipinski definition) is 4. The van der Waals surface area contributed by atoms with E-state index in [0.717, 1.165) is 5.70 Å². The highest BCUT2D eigenvalue weighted by atomic mass is 35.5. The van der Waals surface area contributed by atoms with Crippen molar-refractivity contribution in [2.24, 2.45) is 16.3 Å². The fraction of sp³-hybridized carbons (Fsp3) is 0.500. The number of hydrogen-bond donors (Lipinski definition) is 0. The number of rotatable bonds is 3. The number of benzene rings is 1. The molecule has 6 heteroatoms. The molecule has 0 saturated carbocycles. The largest absolute Gasteiger partial charge is 0.462 e. The lowest BCUT2D eigenvalue weighted by molar-refractivity contribution is -0.150. The van der Waals surface area contributed by atoms with Gasteiger partial charge in [-0.2, -0.15) is 0 Å². The third-order valence-electron chi connectivity index (χ3n) is 5.22. The molecule has 0 N–H and O–H groups in total. The van der Waals surface area contributed by atoms with Crippen molar-refractivity contribution in [3.8, 4) is 0 Å². The smallest absolute Gasteiger partial charge is 0.315 e. The van der Waals surface area contributed by atoms with Crippen LogP contribution in [0.25, 0.3) is 0 Å². The summed E-state index contributed by atoms with van der Waals surface area (Å²) >= 11 is 12.8. The Hall–Kier alpha value is -1.65. The van der Waals surface area contributed by atoms with E-state index < -0.39 is 17.8 Å². The van der Waals surface area contributed by atoms with Gasteiger partial charge in [0.1, 0.15) is 5.92 Å². The zero-order chi connectivity index (χ0) is 20.8. The lowest BCUT2D eigenvalue weighted by Gasteiger charge is -2.39. The molecule has 0 radical (unpaired) electrons. The third kappa shape index (κ3) is 3.90. The Morgan fingerprint density at radius 3 is 2.57 bits per heavy atom. The SMILES string of the molecule is CC1=NC2=C(C(=O)CC(C)(C)C2)[C@H](c2cccc(Cl)c2Cl)C1C(=O)OC(C)C. The number of ketones is 1. The van der Waals surface area contributed by atoms with Crippen molar-refractivity contribution in [1.82, 2.24) is 0 Å². The molecule has 28 heavy (non-hydrogen) atoms. The van der Waals surface area contributed by atoms with E-state index in [1.54, 1.807) is 26.0 Å². The second-order valence-electron chi connectivity index (χ2n) is 8.64.